The zero-order chi connectivity index (χ0) is 42.4. The molecule has 2 aromatic heterocycles. The summed E-state index contributed by atoms with van der Waals surface area (Å²) in [4.78, 5) is 33.7. The number of rotatable bonds is 9. The Labute approximate surface area is 358 Å². The summed E-state index contributed by atoms with van der Waals surface area (Å²) in [6, 6.07) is 25.8. The summed E-state index contributed by atoms with van der Waals surface area (Å²) in [5.74, 6) is 3.33. The molecule has 0 spiro atoms. The topological polar surface area (TPSA) is 137 Å². The maximum atomic E-state index is 13.4. The molecular formula is C50H56N2O8S. The summed E-state index contributed by atoms with van der Waals surface area (Å²) in [5.41, 5.74) is 6.57. The molecular weight excluding hydrogens is 789 g/mol. The number of ether oxygens (including phenoxy) is 4. The number of fused-ring (bicyclic) bond motifs is 4. The molecule has 4 aromatic carbocycles. The van der Waals surface area contributed by atoms with E-state index < -0.39 is 15.3 Å². The van der Waals surface area contributed by atoms with E-state index in [1.54, 1.807) is 0 Å². The highest BCUT2D eigenvalue weighted by molar-refractivity contribution is 7.91. The Morgan fingerprint density at radius 2 is 1.10 bits per heavy atom. The van der Waals surface area contributed by atoms with Crippen LogP contribution in [0, 0.1) is 0 Å². The molecule has 2 aliphatic carbocycles. The average Bonchev–Trinajstić information content (AvgIpc) is 3.89. The number of ketones is 2. The number of aromatic nitrogens is 2. The zero-order valence-corrected chi connectivity index (χ0v) is 36.2. The fourth-order valence-electron chi connectivity index (χ4n) is 8.74. The summed E-state index contributed by atoms with van der Waals surface area (Å²) in [5, 5.41) is 1.82. The van der Waals surface area contributed by atoms with Gasteiger partial charge in [-0.05, 0) is 108 Å². The highest BCUT2D eigenvalue weighted by Crippen LogP contribution is 2.53. The number of H-pyrrole nitrogens is 2. The minimum absolute atomic E-state index is 0. The van der Waals surface area contributed by atoms with Crippen LogP contribution in [0.2, 0.25) is 0 Å². The lowest BCUT2D eigenvalue weighted by Crippen LogP contribution is -2.22. The molecule has 0 bridgehead atoms. The molecule has 0 saturated heterocycles. The van der Waals surface area contributed by atoms with Gasteiger partial charge in [-0.2, -0.15) is 0 Å². The smallest absolute Gasteiger partial charge is 0.231 e. The summed E-state index contributed by atoms with van der Waals surface area (Å²) >= 11 is 0. The predicted octanol–water partition coefficient (Wildman–Crippen LogP) is 10.1. The van der Waals surface area contributed by atoms with Crippen molar-refractivity contribution in [1.29, 1.82) is 0 Å². The highest BCUT2D eigenvalue weighted by Gasteiger charge is 2.52. The molecule has 11 heteroatoms. The monoisotopic (exact) mass is 844 g/mol. The summed E-state index contributed by atoms with van der Waals surface area (Å²) in [6.07, 6.45) is 5.38. The summed E-state index contributed by atoms with van der Waals surface area (Å²) < 4.78 is 47.1. The number of benzene rings is 4. The van der Waals surface area contributed by atoms with Crippen molar-refractivity contribution >= 4 is 43.2 Å². The Balaban J connectivity index is 0.000000167. The quantitative estimate of drug-likeness (QED) is 0.147. The average molecular weight is 845 g/mol. The lowest BCUT2D eigenvalue weighted by Gasteiger charge is -2.18. The van der Waals surface area contributed by atoms with Crippen molar-refractivity contribution in [2.24, 2.45) is 0 Å². The Morgan fingerprint density at radius 3 is 1.57 bits per heavy atom. The van der Waals surface area contributed by atoms with Gasteiger partial charge >= 0.3 is 0 Å². The van der Waals surface area contributed by atoms with Gasteiger partial charge in [0.1, 0.15) is 11.6 Å². The molecule has 0 unspecified atom stereocenters. The number of hydrogen-bond acceptors (Lipinski definition) is 8. The lowest BCUT2D eigenvalue weighted by atomic mass is 9.87. The van der Waals surface area contributed by atoms with E-state index in [4.69, 9.17) is 18.9 Å². The molecule has 4 heterocycles. The van der Waals surface area contributed by atoms with Crippen LogP contribution in [0.1, 0.15) is 108 Å². The largest absolute Gasteiger partial charge is 0.454 e. The highest BCUT2D eigenvalue weighted by atomic mass is 32.2. The summed E-state index contributed by atoms with van der Waals surface area (Å²) in [6.45, 7) is 13.0. The van der Waals surface area contributed by atoms with E-state index in [9.17, 15) is 18.0 Å². The van der Waals surface area contributed by atoms with Gasteiger partial charge in [-0.25, -0.2) is 8.42 Å². The second kappa shape index (κ2) is 14.8. The normalized spacial score (nSPS) is 16.8. The van der Waals surface area contributed by atoms with Crippen molar-refractivity contribution in [1.82, 2.24) is 9.97 Å². The minimum atomic E-state index is -3.45. The number of sulfone groups is 1. The van der Waals surface area contributed by atoms with E-state index in [0.717, 1.165) is 70.5 Å². The number of Topliss-reactive ketones (excluding diaryl/α,β-unsaturated/α-hetero) is 2. The Bertz CT molecular complexity index is 2830. The van der Waals surface area contributed by atoms with Gasteiger partial charge in [0.25, 0.3) is 0 Å². The van der Waals surface area contributed by atoms with Crippen LogP contribution < -0.4 is 18.9 Å². The standard InChI is InChI=1S/C25H27NO5S.C24H25NO3.CH4/c1-24(2,3)23-22(32(4,28)29)17-11-15(5-7-18(17)26-23)12-21(27)25(9-10-25)16-6-8-19-20(13-16)31-14-30-19;1-23(2,3)21-12-16-10-15(4-6-18(16)25-21)11-22(26)24(8-9-24)17-5-7-19-20(13-17)28-14-27-19;/h5-8,11,13,26H,9-10,12,14H2,1-4H3;4-7,10,12-13,25H,8-9,11,14H2,1-3H3;1H4. The van der Waals surface area contributed by atoms with Crippen molar-refractivity contribution in [2.75, 3.05) is 19.8 Å². The number of aromatic amines is 2. The van der Waals surface area contributed by atoms with E-state index in [2.05, 4.69) is 55.0 Å². The van der Waals surface area contributed by atoms with Crippen molar-refractivity contribution in [3.63, 3.8) is 0 Å². The molecule has 6 aromatic rings. The maximum absolute atomic E-state index is 13.4. The van der Waals surface area contributed by atoms with Crippen molar-refractivity contribution in [3.8, 4) is 23.0 Å². The molecule has 0 atom stereocenters. The minimum Gasteiger partial charge on any atom is -0.454 e. The van der Waals surface area contributed by atoms with Gasteiger partial charge in [0.05, 0.1) is 15.7 Å². The van der Waals surface area contributed by atoms with Crippen LogP contribution >= 0.6 is 0 Å². The van der Waals surface area contributed by atoms with Crippen LogP contribution in [-0.2, 0) is 53.9 Å². The molecule has 0 amide bonds. The first-order valence-corrected chi connectivity index (χ1v) is 22.6. The predicted molar refractivity (Wildman–Crippen MR) is 238 cm³/mol. The van der Waals surface area contributed by atoms with Crippen LogP contribution in [0.5, 0.6) is 23.0 Å². The van der Waals surface area contributed by atoms with E-state index in [1.807, 2.05) is 75.4 Å². The van der Waals surface area contributed by atoms with E-state index >= 15 is 0 Å². The second-order valence-corrected chi connectivity index (χ2v) is 21.0. The van der Waals surface area contributed by atoms with Crippen LogP contribution in [0.15, 0.2) is 83.8 Å². The number of carbonyl (C=O) groups is 2. The molecule has 320 valence electrons. The van der Waals surface area contributed by atoms with Crippen LogP contribution in [0.25, 0.3) is 21.8 Å². The first kappa shape index (κ1) is 42.2. The molecule has 2 saturated carbocycles. The maximum Gasteiger partial charge on any atom is 0.231 e. The SMILES string of the molecule is C.CC(C)(C)c1[nH]c2ccc(CC(=O)C3(c4ccc5c(c4)OCO5)CC3)cc2c1S(C)(=O)=O.CC(C)(C)c1cc2cc(CC(=O)C3(c4ccc5c(c4)OCO5)CC3)ccc2[nH]1. The lowest BCUT2D eigenvalue weighted by molar-refractivity contribution is -0.121. The van der Waals surface area contributed by atoms with Gasteiger partial charge in [-0.15, -0.1) is 0 Å². The van der Waals surface area contributed by atoms with Gasteiger partial charge in [-0.3, -0.25) is 9.59 Å². The molecule has 10 rings (SSSR count). The molecule has 4 aliphatic rings. The van der Waals surface area contributed by atoms with Gasteiger partial charge in [0.2, 0.25) is 13.6 Å². The third kappa shape index (κ3) is 7.81. The fourth-order valence-corrected chi connectivity index (χ4v) is 10.0. The number of carbonyl (C=O) groups excluding carboxylic acids is 2. The second-order valence-electron chi connectivity index (χ2n) is 19.1. The zero-order valence-electron chi connectivity index (χ0n) is 35.3. The van der Waals surface area contributed by atoms with Gasteiger partial charge < -0.3 is 28.9 Å². The first-order valence-electron chi connectivity index (χ1n) is 20.7. The van der Waals surface area contributed by atoms with Crippen molar-refractivity contribution < 1.29 is 37.0 Å². The third-order valence-corrected chi connectivity index (χ3v) is 13.7. The van der Waals surface area contributed by atoms with E-state index in [0.29, 0.717) is 33.9 Å². The Morgan fingerprint density at radius 1 is 0.607 bits per heavy atom. The number of nitrogens with one attached hydrogen (secondary N) is 2. The molecule has 61 heavy (non-hydrogen) atoms. The molecule has 10 nitrogen and oxygen atoms in total. The first-order chi connectivity index (χ1) is 28.3. The molecule has 2 aliphatic heterocycles. The molecule has 2 N–H and O–H groups in total. The van der Waals surface area contributed by atoms with Crippen LogP contribution in [0.3, 0.4) is 0 Å². The Kier molecular flexibility index (Phi) is 10.2. The van der Waals surface area contributed by atoms with E-state index in [1.165, 1.54) is 17.3 Å². The van der Waals surface area contributed by atoms with Crippen LogP contribution in [-0.4, -0.2) is 49.8 Å². The van der Waals surface area contributed by atoms with Gasteiger partial charge in [-0.1, -0.05) is 73.2 Å². The van der Waals surface area contributed by atoms with E-state index in [-0.39, 0.29) is 55.2 Å². The molecule has 0 radical (unpaired) electrons. The third-order valence-electron chi connectivity index (χ3n) is 12.6. The van der Waals surface area contributed by atoms with Gasteiger partial charge in [0, 0.05) is 57.7 Å². The number of hydrogen-bond donors (Lipinski definition) is 2. The Hall–Kier alpha value is -5.55. The van der Waals surface area contributed by atoms with Crippen LogP contribution in [0.4, 0.5) is 0 Å². The summed E-state index contributed by atoms with van der Waals surface area (Å²) in [7, 11) is -3.45. The van der Waals surface area contributed by atoms with Crippen molar-refractivity contribution in [3.05, 3.63) is 113 Å². The van der Waals surface area contributed by atoms with Crippen molar-refractivity contribution in [2.45, 2.75) is 114 Å². The fraction of sp³-hybridized carbons (Fsp3) is 0.400. The van der Waals surface area contributed by atoms with Gasteiger partial charge in [0.15, 0.2) is 32.8 Å². The molecule has 2 fully saturated rings.